The van der Waals surface area contributed by atoms with Crippen LogP contribution in [0.3, 0.4) is 0 Å². The monoisotopic (exact) mass is 1480 g/mol. The zero-order chi connectivity index (χ0) is 63.9. The van der Waals surface area contributed by atoms with Gasteiger partial charge in [-0.1, -0.05) is 19.3 Å². The molecule has 5 fully saturated rings. The standard InChI is InChI=1S/2C21H26N2.C18H33P.C10H12O.C7H6.4ClH.2Ru/c2*1-14-9-16(3)20(17(4)10-14)22-7-8-23(13-22)21-18(5)11-15(2)12-19(21)6;1-4-10-16(11-5-1)19(17-12-6-2-7-13-17)18-14-8-3-9-15-18;1-8(2)11-10-7-5-4-6-9(10)3;1-7-5-3-2-4-6-7;;;;;;/h2*9-12H,7-8H2,1-6H3;16-18H,1-15H2;3-8H,1-2H3;1-6H;4*1H;;/q;;;;;;;;;2*+2/p-3. The van der Waals surface area contributed by atoms with Crippen LogP contribution in [0, 0.1) is 83.1 Å². The van der Waals surface area contributed by atoms with E-state index in [-0.39, 0.29) is 14.0 Å². The van der Waals surface area contributed by atoms with Gasteiger partial charge in [0.25, 0.3) is 0 Å². The van der Waals surface area contributed by atoms with Crippen molar-refractivity contribution in [1.82, 2.24) is 0 Å². The summed E-state index contributed by atoms with van der Waals surface area (Å²) in [6, 6.07) is 36.3. The Morgan fingerprint density at radius 1 is 0.393 bits per heavy atom. The molecule has 5 aliphatic rings. The summed E-state index contributed by atoms with van der Waals surface area (Å²) in [7, 11) is 29.9. The van der Waals surface area contributed by atoms with E-state index in [1.807, 2.05) is 56.3 Å². The first-order valence-corrected chi connectivity index (χ1v) is 47.6. The first kappa shape index (κ1) is 70.0. The van der Waals surface area contributed by atoms with Gasteiger partial charge in [0.15, 0.2) is 0 Å². The molecule has 2 aliphatic heterocycles. The first-order chi connectivity index (χ1) is 42.4. The molecule has 0 bridgehead atoms. The van der Waals surface area contributed by atoms with E-state index in [2.05, 4.69) is 173 Å². The summed E-state index contributed by atoms with van der Waals surface area (Å²) in [5, 5.41) is 0. The summed E-state index contributed by atoms with van der Waals surface area (Å²) in [6.45, 7) is 33.5. The molecule has 486 valence electrons. The second kappa shape index (κ2) is 31.3. The van der Waals surface area contributed by atoms with E-state index < -0.39 is 23.8 Å². The van der Waals surface area contributed by atoms with Gasteiger partial charge in [0.05, 0.1) is 17.0 Å². The minimum absolute atomic E-state index is 0.0465. The van der Waals surface area contributed by atoms with Gasteiger partial charge in [0.2, 0.25) is 0 Å². The van der Waals surface area contributed by atoms with Crippen LogP contribution in [0.25, 0.3) is 0 Å². The Hall–Kier alpha value is -3.36. The molecular weight excluding hydrogens is 1370 g/mol. The molecule has 3 saturated carbocycles. The normalized spacial score (nSPS) is 17.7. The molecule has 0 spiro atoms. The fourth-order valence-corrected chi connectivity index (χ4v) is 33.2. The minimum atomic E-state index is -3.62. The maximum atomic E-state index is 7.55. The molecule has 2 saturated heterocycles. The Morgan fingerprint density at radius 3 is 0.978 bits per heavy atom. The number of rotatable bonds is 11. The van der Waals surface area contributed by atoms with Gasteiger partial charge >= 0.3 is 444 Å². The summed E-state index contributed by atoms with van der Waals surface area (Å²) >= 11 is -7.06. The average Bonchev–Trinajstić information content (AvgIpc) is 1.97. The Bertz CT molecular complexity index is 3440. The van der Waals surface area contributed by atoms with Gasteiger partial charge in [-0.05, 0) is 77.0 Å². The molecule has 6 aromatic carbocycles. The molecule has 0 radical (unpaired) electrons. The van der Waals surface area contributed by atoms with Gasteiger partial charge in [0.1, 0.15) is 0 Å². The molecule has 0 atom stereocenters. The molecular formula is C77H104Cl4N4OPRu2+. The van der Waals surface area contributed by atoms with Crippen LogP contribution < -0.4 is 24.3 Å². The first-order valence-electron chi connectivity index (χ1n) is 33.2. The van der Waals surface area contributed by atoms with E-state index in [1.54, 1.807) is 96.3 Å². The molecule has 11 rings (SSSR count). The van der Waals surface area contributed by atoms with Crippen molar-refractivity contribution in [2.24, 2.45) is 0 Å². The summed E-state index contributed by atoms with van der Waals surface area (Å²) < 4.78 is 12.4. The van der Waals surface area contributed by atoms with Crippen LogP contribution in [0.15, 0.2) is 103 Å². The molecule has 6 aromatic rings. The topological polar surface area (TPSA) is 22.2 Å². The van der Waals surface area contributed by atoms with Crippen molar-refractivity contribution in [2.45, 2.75) is 216 Å². The van der Waals surface area contributed by atoms with Crippen molar-refractivity contribution in [1.29, 1.82) is 0 Å². The molecule has 2 heterocycles. The van der Waals surface area contributed by atoms with E-state index >= 15 is 0 Å². The van der Waals surface area contributed by atoms with Gasteiger partial charge in [0, 0.05) is 7.92 Å². The Morgan fingerprint density at radius 2 is 0.674 bits per heavy atom. The van der Waals surface area contributed by atoms with E-state index in [0.29, 0.717) is 0 Å². The van der Waals surface area contributed by atoms with Crippen LogP contribution in [0.4, 0.5) is 22.7 Å². The molecule has 89 heavy (non-hydrogen) atoms. The number of halogens is 4. The van der Waals surface area contributed by atoms with E-state index in [4.69, 9.17) is 43.5 Å². The summed E-state index contributed by atoms with van der Waals surface area (Å²) in [4.78, 5) is 9.57. The van der Waals surface area contributed by atoms with Crippen molar-refractivity contribution >= 4 is 87.4 Å². The fraction of sp³-hybridized carbons (Fsp3) is 0.481. The second-order valence-electron chi connectivity index (χ2n) is 26.8. The third-order valence-corrected chi connectivity index (χ3v) is 34.3. The van der Waals surface area contributed by atoms with Crippen LogP contribution in [-0.4, -0.2) is 67.2 Å². The summed E-state index contributed by atoms with van der Waals surface area (Å²) in [5.74, 6) is 0.811. The second-order valence-corrected chi connectivity index (χ2v) is 48.8. The van der Waals surface area contributed by atoms with Crippen LogP contribution in [0.5, 0.6) is 5.75 Å². The van der Waals surface area contributed by atoms with Crippen molar-refractivity contribution in [2.75, 3.05) is 45.8 Å². The van der Waals surface area contributed by atoms with E-state index in [0.717, 1.165) is 51.8 Å². The van der Waals surface area contributed by atoms with Gasteiger partial charge in [-0.25, -0.2) is 0 Å². The third-order valence-electron chi connectivity index (χ3n) is 18.8. The number of hydrogen-bond donors (Lipinski definition) is 0. The SMILES string of the molecule is C1CCC([PH+](C2CCCCC2)C2CCCCC2)CC1.Cc1cc(C)c(N2CCN(c3c(C)cc(C)cc3C)[C]2=[Ru]([Cl])([Cl])=[CH]c2ccccc2)c(C)c1.Cc1cc(C)c(N2CCN(c3c(C)cc(C)cc3C)[C]2=[Ru]([Cl])([Cl])=[CH]c2ccccc2OC(C)C)c(C)c1. The third kappa shape index (κ3) is 17.1. The quantitative estimate of drug-likeness (QED) is 0.0950. The van der Waals surface area contributed by atoms with Crippen molar-refractivity contribution < 1.29 is 28.5 Å². The molecule has 0 N–H and O–H groups in total. The van der Waals surface area contributed by atoms with Crippen molar-refractivity contribution in [3.63, 3.8) is 0 Å². The van der Waals surface area contributed by atoms with Crippen LogP contribution in [0.2, 0.25) is 0 Å². The zero-order valence-electron chi connectivity index (χ0n) is 56.1. The van der Waals surface area contributed by atoms with Crippen LogP contribution >= 0.6 is 46.7 Å². The number of benzene rings is 6. The fourth-order valence-electron chi connectivity index (χ4n) is 15.9. The van der Waals surface area contributed by atoms with Gasteiger partial charge in [-0.3, -0.25) is 0 Å². The number of aryl methyl sites for hydroxylation is 12. The van der Waals surface area contributed by atoms with E-state index in [9.17, 15) is 0 Å². The number of hydrogen-bond acceptors (Lipinski definition) is 5. The van der Waals surface area contributed by atoms with Crippen molar-refractivity contribution in [3.8, 4) is 5.75 Å². The Balaban J connectivity index is 0.000000166. The van der Waals surface area contributed by atoms with Crippen molar-refractivity contribution in [3.05, 3.63) is 181 Å². The molecule has 0 unspecified atom stereocenters. The van der Waals surface area contributed by atoms with Gasteiger partial charge in [-0.15, -0.1) is 0 Å². The number of anilines is 4. The van der Waals surface area contributed by atoms with Gasteiger partial charge < -0.3 is 0 Å². The molecule has 3 aliphatic carbocycles. The van der Waals surface area contributed by atoms with Gasteiger partial charge in [-0.2, -0.15) is 0 Å². The van der Waals surface area contributed by atoms with E-state index in [1.165, 1.54) is 106 Å². The summed E-state index contributed by atoms with van der Waals surface area (Å²) in [6.07, 6.45) is 23.9. The number of para-hydroxylation sites is 1. The van der Waals surface area contributed by atoms with Crippen LogP contribution in [-0.2, 0) is 23.8 Å². The van der Waals surface area contributed by atoms with Crippen LogP contribution in [0.1, 0.15) is 188 Å². The summed E-state index contributed by atoms with van der Waals surface area (Å²) in [5.41, 5.74) is 25.6. The molecule has 0 amide bonds. The maximum absolute atomic E-state index is 7.55. The molecule has 12 heteroatoms. The number of nitrogens with zero attached hydrogens (tertiary/aromatic N) is 4. The predicted octanol–water partition coefficient (Wildman–Crippen LogP) is 21.5. The Kier molecular flexibility index (Phi) is 24.6. The zero-order valence-corrected chi connectivity index (χ0v) is 63.6. The average molecular weight is 1480 g/mol. The molecule has 0 aromatic heterocycles. The number of ether oxygens (including phenoxy) is 1. The molecule has 5 nitrogen and oxygen atoms in total. The predicted molar refractivity (Wildman–Crippen MR) is 393 cm³/mol. The Labute approximate surface area is 559 Å².